The third-order valence-corrected chi connectivity index (χ3v) is 4.64. The average molecular weight is 401 g/mol. The van der Waals surface area contributed by atoms with Gasteiger partial charge >= 0.3 is 0 Å². The highest BCUT2D eigenvalue weighted by molar-refractivity contribution is 6.04. The second-order valence-electron chi connectivity index (χ2n) is 6.87. The highest BCUT2D eigenvalue weighted by Gasteiger charge is 2.17. The molecule has 6 nitrogen and oxygen atoms in total. The van der Waals surface area contributed by atoms with Crippen molar-refractivity contribution < 1.29 is 14.3 Å². The van der Waals surface area contributed by atoms with Gasteiger partial charge in [-0.05, 0) is 23.8 Å². The number of aromatic nitrogens is 2. The number of ether oxygens (including phenoxy) is 2. The van der Waals surface area contributed by atoms with Crippen LogP contribution >= 0.6 is 0 Å². The van der Waals surface area contributed by atoms with Gasteiger partial charge in [0.05, 0.1) is 6.20 Å². The van der Waals surface area contributed by atoms with Crippen molar-refractivity contribution in [2.24, 2.45) is 7.05 Å². The predicted octanol–water partition coefficient (Wildman–Crippen LogP) is 3.95. The number of rotatable bonds is 6. The third kappa shape index (κ3) is 4.78. The van der Waals surface area contributed by atoms with E-state index in [1.165, 1.54) is 0 Å². The average Bonchev–Trinajstić information content (AvgIpc) is 3.20. The van der Waals surface area contributed by atoms with Crippen LogP contribution in [0.4, 0.5) is 5.69 Å². The van der Waals surface area contributed by atoms with Crippen molar-refractivity contribution in [3.05, 3.63) is 84.2 Å². The molecule has 0 unspecified atom stereocenters. The van der Waals surface area contributed by atoms with Crippen molar-refractivity contribution >= 4 is 23.7 Å². The number of nitrogens with zero attached hydrogens (tertiary/aromatic N) is 3. The van der Waals surface area contributed by atoms with Gasteiger partial charge in [-0.1, -0.05) is 42.5 Å². The van der Waals surface area contributed by atoms with E-state index < -0.39 is 0 Å². The minimum Gasteiger partial charge on any atom is -0.486 e. The van der Waals surface area contributed by atoms with E-state index in [0.717, 1.165) is 16.8 Å². The topological polar surface area (TPSA) is 56.6 Å². The summed E-state index contributed by atoms with van der Waals surface area (Å²) in [5, 5.41) is 4.13. The van der Waals surface area contributed by atoms with E-state index in [1.807, 2.05) is 73.9 Å². The smallest absolute Gasteiger partial charge is 0.251 e. The summed E-state index contributed by atoms with van der Waals surface area (Å²) in [5.41, 5.74) is 2.70. The molecular formula is C24H23N3O3. The van der Waals surface area contributed by atoms with Crippen molar-refractivity contribution in [3.63, 3.8) is 0 Å². The molecule has 0 radical (unpaired) electrons. The fourth-order valence-electron chi connectivity index (χ4n) is 3.16. The SMILES string of the molecule is Cn1cc(/C=C/C(=O)N(C/C=C/c2ccccc2)c2ccc3c(c2)OCCO3)cn1. The fraction of sp³-hybridized carbons (Fsp3) is 0.167. The first-order chi connectivity index (χ1) is 14.7. The standard InChI is InChI=1S/C24H23N3O3/c1-26-18-20(17-25-26)9-12-24(28)27(13-5-8-19-6-3-2-4-7-19)21-10-11-22-23(16-21)30-15-14-29-22/h2-12,16-18H,13-15H2,1H3/b8-5+,12-9+. The molecule has 0 fully saturated rings. The van der Waals surface area contributed by atoms with Gasteiger partial charge in [-0.25, -0.2) is 0 Å². The van der Waals surface area contributed by atoms with E-state index in [4.69, 9.17) is 9.47 Å². The second-order valence-corrected chi connectivity index (χ2v) is 6.87. The quantitative estimate of drug-likeness (QED) is 0.587. The maximum atomic E-state index is 13.0. The van der Waals surface area contributed by atoms with Crippen LogP contribution in [0.1, 0.15) is 11.1 Å². The van der Waals surface area contributed by atoms with Crippen molar-refractivity contribution in [2.75, 3.05) is 24.7 Å². The van der Waals surface area contributed by atoms with Gasteiger partial charge in [0.25, 0.3) is 5.91 Å². The van der Waals surface area contributed by atoms with Gasteiger partial charge in [0.2, 0.25) is 0 Å². The zero-order valence-corrected chi connectivity index (χ0v) is 16.8. The fourth-order valence-corrected chi connectivity index (χ4v) is 3.16. The van der Waals surface area contributed by atoms with Gasteiger partial charge in [-0.2, -0.15) is 5.10 Å². The molecule has 0 saturated heterocycles. The van der Waals surface area contributed by atoms with Crippen LogP contribution in [-0.4, -0.2) is 35.4 Å². The van der Waals surface area contributed by atoms with Crippen LogP contribution in [0.25, 0.3) is 12.2 Å². The summed E-state index contributed by atoms with van der Waals surface area (Å²) in [6.45, 7) is 1.45. The third-order valence-electron chi connectivity index (χ3n) is 4.64. The molecule has 0 N–H and O–H groups in total. The van der Waals surface area contributed by atoms with Gasteiger partial charge in [0, 0.05) is 43.2 Å². The van der Waals surface area contributed by atoms with E-state index in [9.17, 15) is 4.79 Å². The molecule has 0 spiro atoms. The summed E-state index contributed by atoms with van der Waals surface area (Å²) in [5.74, 6) is 1.22. The van der Waals surface area contributed by atoms with E-state index >= 15 is 0 Å². The molecule has 6 heteroatoms. The molecule has 1 amide bonds. The normalized spacial score (nSPS) is 13.1. The zero-order chi connectivity index (χ0) is 20.8. The number of hydrogen-bond acceptors (Lipinski definition) is 4. The largest absolute Gasteiger partial charge is 0.486 e. The Labute approximate surface area is 175 Å². The molecule has 3 aromatic rings. The Hall–Kier alpha value is -3.80. The molecule has 1 aliphatic heterocycles. The van der Waals surface area contributed by atoms with Crippen LogP contribution in [-0.2, 0) is 11.8 Å². The molecule has 0 atom stereocenters. The second kappa shape index (κ2) is 9.13. The Morgan fingerprint density at radius 1 is 1.07 bits per heavy atom. The molecule has 0 saturated carbocycles. The van der Waals surface area contributed by atoms with E-state index in [1.54, 1.807) is 27.9 Å². The summed E-state index contributed by atoms with van der Waals surface area (Å²) in [6, 6.07) is 15.6. The van der Waals surface area contributed by atoms with Crippen LogP contribution in [0.3, 0.4) is 0 Å². The number of aryl methyl sites for hydroxylation is 1. The predicted molar refractivity (Wildman–Crippen MR) is 118 cm³/mol. The van der Waals surface area contributed by atoms with Crippen molar-refractivity contribution in [1.82, 2.24) is 9.78 Å². The van der Waals surface area contributed by atoms with Crippen LogP contribution in [0, 0.1) is 0 Å². The van der Waals surface area contributed by atoms with Crippen LogP contribution in [0.2, 0.25) is 0 Å². The lowest BCUT2D eigenvalue weighted by atomic mass is 10.2. The number of benzene rings is 2. The lowest BCUT2D eigenvalue weighted by molar-refractivity contribution is -0.114. The first-order valence-corrected chi connectivity index (χ1v) is 9.78. The van der Waals surface area contributed by atoms with Crippen molar-refractivity contribution in [3.8, 4) is 11.5 Å². The summed E-state index contributed by atoms with van der Waals surface area (Å²) >= 11 is 0. The first kappa shape index (κ1) is 19.5. The summed E-state index contributed by atoms with van der Waals surface area (Å²) in [6.07, 6.45) is 10.9. The zero-order valence-electron chi connectivity index (χ0n) is 16.8. The van der Waals surface area contributed by atoms with Gasteiger partial charge in [-0.3, -0.25) is 9.48 Å². The van der Waals surface area contributed by atoms with E-state index in [-0.39, 0.29) is 5.91 Å². The number of anilines is 1. The number of carbonyl (C=O) groups excluding carboxylic acids is 1. The monoisotopic (exact) mass is 401 g/mol. The van der Waals surface area contributed by atoms with Gasteiger partial charge in [0.15, 0.2) is 11.5 Å². The van der Waals surface area contributed by atoms with Gasteiger partial charge in [-0.15, -0.1) is 0 Å². The molecule has 1 aromatic heterocycles. The Morgan fingerprint density at radius 2 is 1.87 bits per heavy atom. The van der Waals surface area contributed by atoms with Crippen molar-refractivity contribution in [1.29, 1.82) is 0 Å². The minimum absolute atomic E-state index is 0.131. The molecule has 2 heterocycles. The molecule has 2 aromatic carbocycles. The lowest BCUT2D eigenvalue weighted by Gasteiger charge is -2.23. The number of amides is 1. The van der Waals surface area contributed by atoms with Crippen LogP contribution in [0.5, 0.6) is 11.5 Å². The molecular weight excluding hydrogens is 378 g/mol. The van der Waals surface area contributed by atoms with Crippen LogP contribution < -0.4 is 14.4 Å². The van der Waals surface area contributed by atoms with Gasteiger partial charge < -0.3 is 14.4 Å². The lowest BCUT2D eigenvalue weighted by Crippen LogP contribution is -2.29. The maximum Gasteiger partial charge on any atom is 0.251 e. The number of hydrogen-bond donors (Lipinski definition) is 0. The minimum atomic E-state index is -0.131. The Bertz CT molecular complexity index is 1070. The van der Waals surface area contributed by atoms with Crippen LogP contribution in [0.15, 0.2) is 73.1 Å². The molecule has 152 valence electrons. The number of carbonyl (C=O) groups is 1. The maximum absolute atomic E-state index is 13.0. The highest BCUT2D eigenvalue weighted by atomic mass is 16.6. The van der Waals surface area contributed by atoms with Crippen molar-refractivity contribution in [2.45, 2.75) is 0 Å². The summed E-state index contributed by atoms with van der Waals surface area (Å²) < 4.78 is 13.0. The summed E-state index contributed by atoms with van der Waals surface area (Å²) in [7, 11) is 1.84. The Balaban J connectivity index is 1.57. The molecule has 30 heavy (non-hydrogen) atoms. The number of fused-ring (bicyclic) bond motifs is 1. The molecule has 0 bridgehead atoms. The molecule has 0 aliphatic carbocycles. The Morgan fingerprint density at radius 3 is 2.63 bits per heavy atom. The van der Waals surface area contributed by atoms with E-state index in [2.05, 4.69) is 5.10 Å². The van der Waals surface area contributed by atoms with E-state index in [0.29, 0.717) is 31.3 Å². The first-order valence-electron chi connectivity index (χ1n) is 9.78. The van der Waals surface area contributed by atoms with Gasteiger partial charge in [0.1, 0.15) is 13.2 Å². The Kier molecular flexibility index (Phi) is 5.94. The molecule has 4 rings (SSSR count). The highest BCUT2D eigenvalue weighted by Crippen LogP contribution is 2.34. The molecule has 1 aliphatic rings. The summed E-state index contributed by atoms with van der Waals surface area (Å²) in [4.78, 5) is 14.7.